The van der Waals surface area contributed by atoms with Crippen molar-refractivity contribution in [3.63, 3.8) is 0 Å². The Balaban J connectivity index is 1.61. The van der Waals surface area contributed by atoms with E-state index in [-0.39, 0.29) is 11.4 Å². The van der Waals surface area contributed by atoms with Crippen LogP contribution in [-0.4, -0.2) is 20.1 Å². The van der Waals surface area contributed by atoms with Crippen LogP contribution >= 0.6 is 22.7 Å². The van der Waals surface area contributed by atoms with Crippen LogP contribution in [0, 0.1) is 0 Å². The minimum absolute atomic E-state index is 0.107. The number of aryl methyl sites for hydroxylation is 2. The molecule has 2 N–H and O–H groups in total. The van der Waals surface area contributed by atoms with E-state index in [2.05, 4.69) is 4.72 Å². The van der Waals surface area contributed by atoms with Crippen molar-refractivity contribution in [1.82, 2.24) is 4.72 Å². The second kappa shape index (κ2) is 7.48. The zero-order valence-corrected chi connectivity index (χ0v) is 17.2. The Labute approximate surface area is 167 Å². The second-order valence-corrected chi connectivity index (χ2v) is 10.3. The molecule has 4 rings (SSSR count). The third kappa shape index (κ3) is 3.75. The number of benzene rings is 1. The van der Waals surface area contributed by atoms with Crippen molar-refractivity contribution in [2.75, 3.05) is 6.54 Å². The van der Waals surface area contributed by atoms with Crippen LogP contribution in [0.15, 0.2) is 57.4 Å². The van der Waals surface area contributed by atoms with E-state index in [0.29, 0.717) is 10.4 Å². The van der Waals surface area contributed by atoms with Crippen molar-refractivity contribution in [3.8, 4) is 0 Å². The van der Waals surface area contributed by atoms with Gasteiger partial charge in [-0.1, -0.05) is 12.1 Å². The average molecular weight is 420 g/mol. The van der Waals surface area contributed by atoms with Crippen LogP contribution < -0.4 is 4.72 Å². The summed E-state index contributed by atoms with van der Waals surface area (Å²) in [6, 6.07) is 10.9. The molecule has 1 aliphatic carbocycles. The van der Waals surface area contributed by atoms with Crippen LogP contribution in [0.4, 0.5) is 0 Å². The third-order valence-corrected chi connectivity index (χ3v) is 8.18. The van der Waals surface area contributed by atoms with E-state index in [1.807, 2.05) is 40.4 Å². The van der Waals surface area contributed by atoms with Gasteiger partial charge >= 0.3 is 0 Å². The van der Waals surface area contributed by atoms with Gasteiger partial charge in [0.2, 0.25) is 10.0 Å². The van der Waals surface area contributed by atoms with Crippen molar-refractivity contribution < 1.29 is 13.5 Å². The number of hydrogen-bond donors (Lipinski definition) is 2. The highest BCUT2D eigenvalue weighted by Crippen LogP contribution is 2.34. The standard InChI is InChI=1S/C20H21NO3S3/c22-20(17-9-11-25-13-17,19-6-3-10-26-19)14-21-27(23,24)18-8-7-15-4-1-2-5-16(15)12-18/h3,6-13,21-22H,1-2,4-5,14H2/t20-/m0/s1. The van der Waals surface area contributed by atoms with Crippen molar-refractivity contribution >= 4 is 32.7 Å². The van der Waals surface area contributed by atoms with E-state index in [1.54, 1.807) is 12.1 Å². The summed E-state index contributed by atoms with van der Waals surface area (Å²) < 4.78 is 28.4. The highest BCUT2D eigenvalue weighted by molar-refractivity contribution is 7.89. The third-order valence-electron chi connectivity index (χ3n) is 5.08. The topological polar surface area (TPSA) is 66.4 Å². The zero-order valence-electron chi connectivity index (χ0n) is 14.7. The molecule has 3 aromatic rings. The molecule has 0 saturated heterocycles. The first-order valence-electron chi connectivity index (χ1n) is 8.89. The quantitative estimate of drug-likeness (QED) is 0.637. The van der Waals surface area contributed by atoms with E-state index in [1.165, 1.54) is 28.2 Å². The van der Waals surface area contributed by atoms with Crippen LogP contribution in [0.1, 0.15) is 34.4 Å². The minimum Gasteiger partial charge on any atom is -0.378 e. The lowest BCUT2D eigenvalue weighted by atomic mass is 9.92. The van der Waals surface area contributed by atoms with Gasteiger partial charge in [-0.25, -0.2) is 13.1 Å². The second-order valence-electron chi connectivity index (χ2n) is 6.81. The van der Waals surface area contributed by atoms with Gasteiger partial charge in [-0.15, -0.1) is 11.3 Å². The first kappa shape index (κ1) is 18.8. The molecule has 4 nitrogen and oxygen atoms in total. The summed E-state index contributed by atoms with van der Waals surface area (Å²) in [6.07, 6.45) is 4.19. The van der Waals surface area contributed by atoms with Crippen LogP contribution in [0.3, 0.4) is 0 Å². The molecule has 7 heteroatoms. The largest absolute Gasteiger partial charge is 0.378 e. The molecule has 1 aromatic carbocycles. The number of thiophene rings is 2. The molecule has 0 bridgehead atoms. The Morgan fingerprint density at radius 1 is 1.07 bits per heavy atom. The van der Waals surface area contributed by atoms with Gasteiger partial charge < -0.3 is 5.11 Å². The SMILES string of the molecule is O=S(=O)(NC[C@](O)(c1ccsc1)c1cccs1)c1ccc2c(c1)CCCC2. The molecule has 0 unspecified atom stereocenters. The highest BCUT2D eigenvalue weighted by atomic mass is 32.2. The Morgan fingerprint density at radius 2 is 1.89 bits per heavy atom. The van der Waals surface area contributed by atoms with Crippen LogP contribution in [0.5, 0.6) is 0 Å². The van der Waals surface area contributed by atoms with Gasteiger partial charge in [0.25, 0.3) is 0 Å². The Hall–Kier alpha value is -1.51. The summed E-state index contributed by atoms with van der Waals surface area (Å²) in [6.45, 7) is -0.107. The first-order valence-corrected chi connectivity index (χ1v) is 12.2. The Morgan fingerprint density at radius 3 is 2.59 bits per heavy atom. The van der Waals surface area contributed by atoms with Crippen molar-refractivity contribution in [3.05, 3.63) is 74.1 Å². The molecule has 1 atom stereocenters. The molecule has 0 spiro atoms. The van der Waals surface area contributed by atoms with Gasteiger partial charge in [0, 0.05) is 17.0 Å². The number of sulfonamides is 1. The molecular weight excluding hydrogens is 398 g/mol. The van der Waals surface area contributed by atoms with Gasteiger partial charge in [-0.2, -0.15) is 11.3 Å². The molecule has 2 aromatic heterocycles. The van der Waals surface area contributed by atoms with Gasteiger partial charge in [0.1, 0.15) is 5.60 Å². The molecular formula is C20H21NO3S3. The van der Waals surface area contributed by atoms with Crippen molar-refractivity contribution in [2.45, 2.75) is 36.2 Å². The monoisotopic (exact) mass is 419 g/mol. The summed E-state index contributed by atoms with van der Waals surface area (Å²) >= 11 is 2.89. The molecule has 0 radical (unpaired) electrons. The molecule has 0 aliphatic heterocycles. The van der Waals surface area contributed by atoms with E-state index < -0.39 is 15.6 Å². The van der Waals surface area contributed by atoms with E-state index in [0.717, 1.165) is 31.2 Å². The maximum atomic E-state index is 12.9. The van der Waals surface area contributed by atoms with E-state index in [4.69, 9.17) is 0 Å². The predicted octanol–water partition coefficient (Wildman–Crippen LogP) is 3.90. The number of hydrogen-bond acceptors (Lipinski definition) is 5. The summed E-state index contributed by atoms with van der Waals surface area (Å²) in [5.41, 5.74) is 1.68. The van der Waals surface area contributed by atoms with Crippen LogP contribution in [0.2, 0.25) is 0 Å². The fraction of sp³-hybridized carbons (Fsp3) is 0.300. The predicted molar refractivity (Wildman–Crippen MR) is 110 cm³/mol. The lowest BCUT2D eigenvalue weighted by Crippen LogP contribution is -2.41. The lowest BCUT2D eigenvalue weighted by molar-refractivity contribution is 0.0903. The molecule has 2 heterocycles. The summed E-state index contributed by atoms with van der Waals surface area (Å²) in [7, 11) is -3.71. The van der Waals surface area contributed by atoms with Crippen molar-refractivity contribution in [2.24, 2.45) is 0 Å². The summed E-state index contributed by atoms with van der Waals surface area (Å²) in [4.78, 5) is 0.982. The van der Waals surface area contributed by atoms with Crippen LogP contribution in [-0.2, 0) is 28.5 Å². The zero-order chi connectivity index (χ0) is 18.9. The maximum Gasteiger partial charge on any atom is 0.240 e. The Kier molecular flexibility index (Phi) is 5.22. The number of rotatable bonds is 6. The van der Waals surface area contributed by atoms with Gasteiger partial charge in [0.15, 0.2) is 0 Å². The van der Waals surface area contributed by atoms with Gasteiger partial charge in [-0.3, -0.25) is 0 Å². The number of aliphatic hydroxyl groups is 1. The molecule has 1 aliphatic rings. The fourth-order valence-electron chi connectivity index (χ4n) is 3.50. The first-order chi connectivity index (χ1) is 13.0. The van der Waals surface area contributed by atoms with Gasteiger partial charge in [0.05, 0.1) is 4.90 Å². The highest BCUT2D eigenvalue weighted by Gasteiger charge is 2.35. The van der Waals surface area contributed by atoms with Gasteiger partial charge in [-0.05, 0) is 77.2 Å². The minimum atomic E-state index is -3.71. The number of nitrogens with one attached hydrogen (secondary N) is 1. The average Bonchev–Trinajstić information content (AvgIpc) is 3.40. The molecule has 0 amide bonds. The molecule has 142 valence electrons. The van der Waals surface area contributed by atoms with Crippen LogP contribution in [0.25, 0.3) is 0 Å². The van der Waals surface area contributed by atoms with E-state index >= 15 is 0 Å². The van der Waals surface area contributed by atoms with Crippen molar-refractivity contribution in [1.29, 1.82) is 0 Å². The summed E-state index contributed by atoms with van der Waals surface area (Å²) in [5, 5.41) is 16.9. The number of fused-ring (bicyclic) bond motifs is 1. The Bertz CT molecular complexity index is 975. The normalized spacial score (nSPS) is 16.6. The molecule has 27 heavy (non-hydrogen) atoms. The van der Waals surface area contributed by atoms with E-state index in [9.17, 15) is 13.5 Å². The summed E-state index contributed by atoms with van der Waals surface area (Å²) in [5.74, 6) is 0. The fourth-order valence-corrected chi connectivity index (χ4v) is 6.18. The molecule has 0 fully saturated rings. The smallest absolute Gasteiger partial charge is 0.240 e. The lowest BCUT2D eigenvalue weighted by Gasteiger charge is -2.27. The molecule has 0 saturated carbocycles. The maximum absolute atomic E-state index is 12.9.